The number of amides is 1. The van der Waals surface area contributed by atoms with E-state index < -0.39 is 11.9 Å². The number of aliphatic carboxylic acids is 1. The molecule has 7 heteroatoms. The maximum atomic E-state index is 12.1. The molecular formula is C19H19NO6. The van der Waals surface area contributed by atoms with Crippen LogP contribution in [0.4, 0.5) is 5.69 Å². The Bertz CT molecular complexity index is 844. The van der Waals surface area contributed by atoms with Crippen molar-refractivity contribution in [2.75, 3.05) is 19.5 Å². The van der Waals surface area contributed by atoms with Gasteiger partial charge in [0, 0.05) is 17.7 Å². The Morgan fingerprint density at radius 3 is 2.54 bits per heavy atom. The number of methoxy groups -OCH3 is 2. The summed E-state index contributed by atoms with van der Waals surface area (Å²) in [6.45, 7) is 0. The van der Waals surface area contributed by atoms with Crippen LogP contribution < -0.4 is 14.8 Å². The second-order valence-corrected chi connectivity index (χ2v) is 5.35. The zero-order chi connectivity index (χ0) is 19.1. The van der Waals surface area contributed by atoms with E-state index in [0.29, 0.717) is 22.6 Å². The predicted molar refractivity (Wildman–Crippen MR) is 96.7 cm³/mol. The van der Waals surface area contributed by atoms with Crippen LogP contribution in [0.2, 0.25) is 0 Å². The molecule has 0 saturated heterocycles. The van der Waals surface area contributed by atoms with E-state index in [1.807, 2.05) is 0 Å². The third kappa shape index (κ3) is 5.01. The van der Waals surface area contributed by atoms with Gasteiger partial charge in [-0.25, -0.2) is 0 Å². The molecular weight excluding hydrogens is 338 g/mol. The second-order valence-electron chi connectivity index (χ2n) is 5.35. The first-order chi connectivity index (χ1) is 12.4. The monoisotopic (exact) mass is 357 g/mol. The van der Waals surface area contributed by atoms with Gasteiger partial charge in [0.25, 0.3) is 0 Å². The van der Waals surface area contributed by atoms with E-state index in [0.717, 1.165) is 0 Å². The summed E-state index contributed by atoms with van der Waals surface area (Å²) in [7, 11) is 3.06. The number of anilines is 1. The number of carboxylic acids is 1. The molecule has 0 unspecified atom stereocenters. The Kier molecular flexibility index (Phi) is 6.21. The number of phenolic OH excluding ortho intramolecular Hbond substituents is 1. The molecule has 0 aliphatic rings. The highest BCUT2D eigenvalue weighted by atomic mass is 16.5. The van der Waals surface area contributed by atoms with Gasteiger partial charge in [-0.1, -0.05) is 6.07 Å². The number of hydrogen-bond acceptors (Lipinski definition) is 5. The molecule has 2 aromatic rings. The van der Waals surface area contributed by atoms with Crippen LogP contribution >= 0.6 is 0 Å². The van der Waals surface area contributed by atoms with E-state index in [1.165, 1.54) is 31.4 Å². The molecule has 0 heterocycles. The lowest BCUT2D eigenvalue weighted by molar-refractivity contribution is -0.136. The molecule has 1 amide bonds. The molecule has 0 radical (unpaired) electrons. The van der Waals surface area contributed by atoms with Gasteiger partial charge < -0.3 is 25.0 Å². The van der Waals surface area contributed by atoms with Gasteiger partial charge in [0.2, 0.25) is 5.91 Å². The van der Waals surface area contributed by atoms with Crippen LogP contribution in [0.15, 0.2) is 42.5 Å². The van der Waals surface area contributed by atoms with Gasteiger partial charge in [0.05, 0.1) is 26.3 Å². The first kappa shape index (κ1) is 18.9. The highest BCUT2D eigenvalue weighted by molar-refractivity contribution is 6.03. The van der Waals surface area contributed by atoms with Gasteiger partial charge in [0.1, 0.15) is 17.2 Å². The number of carbonyl (C=O) groups is 2. The molecule has 0 fully saturated rings. The number of aromatic hydroxyl groups is 1. The van der Waals surface area contributed by atoms with Gasteiger partial charge in [-0.15, -0.1) is 0 Å². The fraction of sp³-hybridized carbons (Fsp3) is 0.158. The van der Waals surface area contributed by atoms with Crippen molar-refractivity contribution in [2.45, 2.75) is 6.42 Å². The molecule has 2 aromatic carbocycles. The summed E-state index contributed by atoms with van der Waals surface area (Å²) in [6.07, 6.45) is 2.64. The standard InChI is InChI=1S/C19H19NO6/c1-25-14-6-4-13(17(11-14)26-2)5-8-18(22)20-15-9-12(10-19(23)24)3-7-16(15)21/h3-9,11,21H,10H2,1-2H3,(H,20,22)(H,23,24)/b8-5+. The van der Waals surface area contributed by atoms with Gasteiger partial charge in [-0.05, 0) is 35.9 Å². The van der Waals surface area contributed by atoms with E-state index in [2.05, 4.69) is 5.32 Å². The number of rotatable bonds is 7. The van der Waals surface area contributed by atoms with Crippen molar-refractivity contribution in [3.8, 4) is 17.2 Å². The average molecular weight is 357 g/mol. The first-order valence-electron chi connectivity index (χ1n) is 7.67. The second kappa shape index (κ2) is 8.57. The van der Waals surface area contributed by atoms with Crippen LogP contribution in [0.3, 0.4) is 0 Å². The van der Waals surface area contributed by atoms with Gasteiger partial charge in [0.15, 0.2) is 0 Å². The minimum absolute atomic E-state index is 0.139. The van der Waals surface area contributed by atoms with E-state index in [9.17, 15) is 14.7 Å². The lowest BCUT2D eigenvalue weighted by Crippen LogP contribution is -2.09. The van der Waals surface area contributed by atoms with Crippen molar-refractivity contribution in [3.63, 3.8) is 0 Å². The smallest absolute Gasteiger partial charge is 0.307 e. The number of carbonyl (C=O) groups excluding carboxylic acids is 1. The Morgan fingerprint density at radius 1 is 1.12 bits per heavy atom. The summed E-state index contributed by atoms with van der Waals surface area (Å²) in [5.41, 5.74) is 1.28. The predicted octanol–water partition coefficient (Wildman–Crippen LogP) is 2.69. The van der Waals surface area contributed by atoms with Crippen LogP contribution in [-0.4, -0.2) is 36.3 Å². The number of nitrogens with one attached hydrogen (secondary N) is 1. The fourth-order valence-electron chi connectivity index (χ4n) is 2.26. The molecule has 2 rings (SSSR count). The van der Waals surface area contributed by atoms with E-state index >= 15 is 0 Å². The third-order valence-corrected chi connectivity index (χ3v) is 3.53. The number of benzene rings is 2. The Morgan fingerprint density at radius 2 is 1.88 bits per heavy atom. The lowest BCUT2D eigenvalue weighted by Gasteiger charge is -2.08. The van der Waals surface area contributed by atoms with Gasteiger partial charge in [-0.3, -0.25) is 9.59 Å². The van der Waals surface area contributed by atoms with Crippen molar-refractivity contribution in [1.82, 2.24) is 0 Å². The fourth-order valence-corrected chi connectivity index (χ4v) is 2.26. The van der Waals surface area contributed by atoms with Crippen molar-refractivity contribution >= 4 is 23.6 Å². The molecule has 0 aromatic heterocycles. The lowest BCUT2D eigenvalue weighted by atomic mass is 10.1. The maximum absolute atomic E-state index is 12.1. The maximum Gasteiger partial charge on any atom is 0.307 e. The zero-order valence-electron chi connectivity index (χ0n) is 14.4. The Labute approximate surface area is 150 Å². The van der Waals surface area contributed by atoms with Crippen LogP contribution in [-0.2, 0) is 16.0 Å². The topological polar surface area (TPSA) is 105 Å². The van der Waals surface area contributed by atoms with Gasteiger partial charge >= 0.3 is 5.97 Å². The molecule has 0 aliphatic heterocycles. The van der Waals surface area contributed by atoms with Crippen molar-refractivity contribution in [3.05, 3.63) is 53.6 Å². The number of hydrogen-bond donors (Lipinski definition) is 3. The SMILES string of the molecule is COc1ccc(/C=C/C(=O)Nc2cc(CC(=O)O)ccc2O)c(OC)c1. The average Bonchev–Trinajstić information content (AvgIpc) is 2.62. The van der Waals surface area contributed by atoms with E-state index in [-0.39, 0.29) is 17.9 Å². The van der Waals surface area contributed by atoms with Crippen LogP contribution in [0.25, 0.3) is 6.08 Å². The Balaban J connectivity index is 2.13. The van der Waals surface area contributed by atoms with Crippen LogP contribution in [0.5, 0.6) is 17.2 Å². The molecule has 0 bridgehead atoms. The van der Waals surface area contributed by atoms with Crippen molar-refractivity contribution in [1.29, 1.82) is 0 Å². The minimum atomic E-state index is -1.00. The first-order valence-corrected chi connectivity index (χ1v) is 7.67. The zero-order valence-corrected chi connectivity index (χ0v) is 14.4. The molecule has 26 heavy (non-hydrogen) atoms. The molecule has 0 saturated carbocycles. The van der Waals surface area contributed by atoms with Crippen LogP contribution in [0, 0.1) is 0 Å². The quantitative estimate of drug-likeness (QED) is 0.520. The molecule has 0 aliphatic carbocycles. The minimum Gasteiger partial charge on any atom is -0.506 e. The molecule has 0 spiro atoms. The summed E-state index contributed by atoms with van der Waals surface area (Å²) in [6, 6.07) is 9.41. The number of carboxylic acid groups (broad SMARTS) is 1. The van der Waals surface area contributed by atoms with Crippen molar-refractivity contribution in [2.24, 2.45) is 0 Å². The normalized spacial score (nSPS) is 10.5. The van der Waals surface area contributed by atoms with Crippen molar-refractivity contribution < 1.29 is 29.3 Å². The summed E-state index contributed by atoms with van der Waals surface area (Å²) in [5.74, 6) is -0.462. The molecule has 0 atom stereocenters. The van der Waals surface area contributed by atoms with E-state index in [1.54, 1.807) is 31.4 Å². The highest BCUT2D eigenvalue weighted by Crippen LogP contribution is 2.26. The number of phenols is 1. The van der Waals surface area contributed by atoms with Gasteiger partial charge in [-0.2, -0.15) is 0 Å². The molecule has 7 nitrogen and oxygen atoms in total. The highest BCUT2D eigenvalue weighted by Gasteiger charge is 2.08. The number of ether oxygens (including phenoxy) is 2. The summed E-state index contributed by atoms with van der Waals surface area (Å²) >= 11 is 0. The Hall–Kier alpha value is -3.48. The molecule has 136 valence electrons. The largest absolute Gasteiger partial charge is 0.506 e. The summed E-state index contributed by atoms with van der Waals surface area (Å²) in [4.78, 5) is 22.9. The molecule has 3 N–H and O–H groups in total. The summed E-state index contributed by atoms with van der Waals surface area (Å²) in [5, 5.41) is 21.2. The third-order valence-electron chi connectivity index (χ3n) is 3.53. The van der Waals surface area contributed by atoms with Crippen LogP contribution in [0.1, 0.15) is 11.1 Å². The summed E-state index contributed by atoms with van der Waals surface area (Å²) < 4.78 is 10.4. The van der Waals surface area contributed by atoms with E-state index in [4.69, 9.17) is 14.6 Å².